The molecule has 286 valence electrons. The molecule has 0 unspecified atom stereocenters. The maximum Gasteiger partial charge on any atom is 0.268 e. The van der Waals surface area contributed by atoms with Gasteiger partial charge >= 0.3 is 0 Å². The van der Waals surface area contributed by atoms with E-state index in [0.29, 0.717) is 66.9 Å². The normalized spacial score (nSPS) is 11.8. The van der Waals surface area contributed by atoms with Gasteiger partial charge in [0.05, 0.1) is 80.1 Å². The highest BCUT2D eigenvalue weighted by molar-refractivity contribution is 6.36. The van der Waals surface area contributed by atoms with Crippen molar-refractivity contribution in [2.75, 3.05) is 4.90 Å². The zero-order chi connectivity index (χ0) is 42.5. The van der Waals surface area contributed by atoms with Crippen LogP contribution in [0.15, 0.2) is 170 Å². The van der Waals surface area contributed by atoms with Gasteiger partial charge in [0.2, 0.25) is 0 Å². The maximum atomic E-state index is 15.2. The minimum atomic E-state index is -0.478. The molecule has 1 aromatic heterocycles. The van der Waals surface area contributed by atoms with Gasteiger partial charge in [0, 0.05) is 16.3 Å². The summed E-state index contributed by atoms with van der Waals surface area (Å²) in [5, 5.41) is 41.3. The van der Waals surface area contributed by atoms with Gasteiger partial charge in [0.1, 0.15) is 0 Å². The Bertz CT molecular complexity index is 3360. The summed E-state index contributed by atoms with van der Waals surface area (Å²) in [7, 11) is 0. The molecule has 62 heavy (non-hydrogen) atoms. The van der Waals surface area contributed by atoms with Crippen molar-refractivity contribution in [3.8, 4) is 74.5 Å². The molecule has 0 N–H and O–H groups in total. The van der Waals surface area contributed by atoms with Crippen LogP contribution < -0.4 is 4.90 Å². The number of hydrogen-bond acceptors (Lipinski definition) is 6. The van der Waals surface area contributed by atoms with Gasteiger partial charge in [-0.2, -0.15) is 21.0 Å². The quantitative estimate of drug-likeness (QED) is 0.154. The fourth-order valence-electron chi connectivity index (χ4n) is 8.74. The van der Waals surface area contributed by atoms with Gasteiger partial charge in [0.25, 0.3) is 11.8 Å². The Morgan fingerprint density at radius 2 is 0.839 bits per heavy atom. The molecule has 9 aromatic rings. The van der Waals surface area contributed by atoms with Crippen LogP contribution in [-0.2, 0) is 0 Å². The minimum absolute atomic E-state index is 0.231. The summed E-state index contributed by atoms with van der Waals surface area (Å²) in [4.78, 5) is 31.1. The van der Waals surface area contributed by atoms with E-state index in [4.69, 9.17) is 0 Å². The molecule has 0 spiro atoms. The Hall–Kier alpha value is -9.34. The molecule has 8 heteroatoms. The average molecular weight is 793 g/mol. The van der Waals surface area contributed by atoms with Crippen molar-refractivity contribution in [2.24, 2.45) is 0 Å². The summed E-state index contributed by atoms with van der Waals surface area (Å²) >= 11 is 0. The SMILES string of the molecule is N#Cc1cc(C#N)cc(-c2cccc3c2c2c(-c4cc(C#N)cc(C#N)c4)cccc2n3-c2cccc3c2C(=O)N(c2ccc(-c4ccccc4)cc2-c2ccccc2)C3=O)c1. The van der Waals surface area contributed by atoms with Crippen molar-refractivity contribution < 1.29 is 9.59 Å². The molecular weight excluding hydrogens is 765 g/mol. The van der Waals surface area contributed by atoms with E-state index in [-0.39, 0.29) is 11.1 Å². The monoisotopic (exact) mass is 792 g/mol. The van der Waals surface area contributed by atoms with Crippen LogP contribution in [-0.4, -0.2) is 16.4 Å². The van der Waals surface area contributed by atoms with Gasteiger partial charge in [-0.3, -0.25) is 9.59 Å². The number of amides is 2. The van der Waals surface area contributed by atoms with Crippen LogP contribution in [0, 0.1) is 45.3 Å². The molecule has 8 aromatic carbocycles. The molecule has 0 atom stereocenters. The number of rotatable bonds is 6. The molecule has 0 bridgehead atoms. The first-order valence-corrected chi connectivity index (χ1v) is 19.6. The fraction of sp³-hybridized carbons (Fsp3) is 0. The van der Waals surface area contributed by atoms with Crippen LogP contribution in [0.25, 0.3) is 72.0 Å². The smallest absolute Gasteiger partial charge is 0.268 e. The molecule has 0 aliphatic carbocycles. The molecule has 1 aliphatic heterocycles. The second kappa shape index (κ2) is 14.8. The van der Waals surface area contributed by atoms with Gasteiger partial charge in [-0.1, -0.05) is 97.1 Å². The number of imide groups is 1. The first kappa shape index (κ1) is 37.0. The fourth-order valence-corrected chi connectivity index (χ4v) is 8.74. The number of benzene rings is 8. The van der Waals surface area contributed by atoms with Crippen LogP contribution in [0.5, 0.6) is 0 Å². The van der Waals surface area contributed by atoms with Gasteiger partial charge in [-0.15, -0.1) is 0 Å². The van der Waals surface area contributed by atoms with Crippen molar-refractivity contribution in [2.45, 2.75) is 0 Å². The third-order valence-electron chi connectivity index (χ3n) is 11.4. The van der Waals surface area contributed by atoms with E-state index in [0.717, 1.165) is 33.0 Å². The summed E-state index contributed by atoms with van der Waals surface area (Å²) in [6, 6.07) is 60.9. The second-order valence-corrected chi connectivity index (χ2v) is 14.9. The van der Waals surface area contributed by atoms with Gasteiger partial charge in [-0.25, -0.2) is 4.90 Å². The van der Waals surface area contributed by atoms with Crippen molar-refractivity contribution in [3.05, 3.63) is 203 Å². The molecule has 2 heterocycles. The molecule has 8 nitrogen and oxygen atoms in total. The van der Waals surface area contributed by atoms with Crippen LogP contribution in [0.1, 0.15) is 43.0 Å². The van der Waals surface area contributed by atoms with E-state index in [9.17, 15) is 25.8 Å². The lowest BCUT2D eigenvalue weighted by molar-refractivity contribution is 0.0926. The molecular formula is C54H28N6O2. The van der Waals surface area contributed by atoms with Gasteiger partial charge < -0.3 is 4.57 Å². The summed E-state index contributed by atoms with van der Waals surface area (Å²) in [5.74, 6) is -0.929. The highest BCUT2D eigenvalue weighted by atomic mass is 16.2. The number of nitrogens with zero attached hydrogens (tertiary/aromatic N) is 6. The standard InChI is InChI=1S/C54H28N6O2/c55-29-33-22-34(30-56)25-40(24-33)42-14-7-17-47-50(42)51-43(41-26-35(31-57)23-36(27-41)32-58)15-8-18-48(51)59(47)49-19-9-16-44-52(49)54(62)60(53(44)61)46-21-20-39(37-10-3-1-4-11-37)28-45(46)38-12-5-2-6-13-38/h1-28H. The number of aromatic nitrogens is 1. The summed E-state index contributed by atoms with van der Waals surface area (Å²) in [6.45, 7) is 0. The first-order chi connectivity index (χ1) is 30.4. The predicted molar refractivity (Wildman–Crippen MR) is 239 cm³/mol. The zero-order valence-corrected chi connectivity index (χ0v) is 32.7. The molecule has 1 aliphatic rings. The lowest BCUT2D eigenvalue weighted by atomic mass is 9.92. The number of carbonyl (C=O) groups excluding carboxylic acids is 2. The summed E-state index contributed by atoms with van der Waals surface area (Å²) < 4.78 is 1.97. The molecule has 0 saturated heterocycles. The Balaban J connectivity index is 1.24. The van der Waals surface area contributed by atoms with Crippen LogP contribution in [0.2, 0.25) is 0 Å². The molecule has 0 fully saturated rings. The molecule has 0 radical (unpaired) electrons. The number of fused-ring (bicyclic) bond motifs is 4. The number of anilines is 1. The zero-order valence-electron chi connectivity index (χ0n) is 32.7. The van der Waals surface area contributed by atoms with Crippen LogP contribution >= 0.6 is 0 Å². The van der Waals surface area contributed by atoms with E-state index < -0.39 is 11.8 Å². The topological polar surface area (TPSA) is 137 Å². The predicted octanol–water partition coefficient (Wildman–Crippen LogP) is 11.7. The first-order valence-electron chi connectivity index (χ1n) is 19.6. The Morgan fingerprint density at radius 3 is 1.35 bits per heavy atom. The van der Waals surface area contributed by atoms with Gasteiger partial charge in [-0.05, 0) is 112 Å². The second-order valence-electron chi connectivity index (χ2n) is 14.9. The average Bonchev–Trinajstić information content (AvgIpc) is 3.81. The minimum Gasteiger partial charge on any atom is -0.308 e. The summed E-state index contributed by atoms with van der Waals surface area (Å²) in [6.07, 6.45) is 0. The van der Waals surface area contributed by atoms with Crippen LogP contribution in [0.4, 0.5) is 5.69 Å². The van der Waals surface area contributed by atoms with Crippen LogP contribution in [0.3, 0.4) is 0 Å². The number of hydrogen-bond donors (Lipinski definition) is 0. The van der Waals surface area contributed by atoms with E-state index in [1.54, 1.807) is 36.4 Å². The maximum absolute atomic E-state index is 15.2. The lowest BCUT2D eigenvalue weighted by Gasteiger charge is -2.20. The van der Waals surface area contributed by atoms with Crippen molar-refractivity contribution >= 4 is 39.3 Å². The molecule has 0 saturated carbocycles. The van der Waals surface area contributed by atoms with Crippen molar-refractivity contribution in [1.82, 2.24) is 4.57 Å². The van der Waals surface area contributed by atoms with Gasteiger partial charge in [0.15, 0.2) is 0 Å². The largest absolute Gasteiger partial charge is 0.308 e. The van der Waals surface area contributed by atoms with Crippen molar-refractivity contribution in [1.29, 1.82) is 21.0 Å². The highest BCUT2D eigenvalue weighted by Crippen LogP contribution is 2.46. The number of nitriles is 4. The third-order valence-corrected chi connectivity index (χ3v) is 11.4. The highest BCUT2D eigenvalue weighted by Gasteiger charge is 2.40. The Labute approximate surface area is 355 Å². The Kier molecular flexibility index (Phi) is 8.82. The molecule has 10 rings (SSSR count). The third kappa shape index (κ3) is 5.89. The van der Waals surface area contributed by atoms with Crippen molar-refractivity contribution in [3.63, 3.8) is 0 Å². The lowest BCUT2D eigenvalue weighted by Crippen LogP contribution is -2.30. The Morgan fingerprint density at radius 1 is 0.355 bits per heavy atom. The van der Waals surface area contributed by atoms with E-state index in [1.165, 1.54) is 17.0 Å². The van der Waals surface area contributed by atoms with E-state index >= 15 is 4.79 Å². The van der Waals surface area contributed by atoms with E-state index in [1.807, 2.05) is 126 Å². The van der Waals surface area contributed by atoms with E-state index in [2.05, 4.69) is 24.3 Å². The summed E-state index contributed by atoms with van der Waals surface area (Å²) in [5.41, 5.74) is 10.3. The molecule has 2 amide bonds. The number of carbonyl (C=O) groups is 2.